The summed E-state index contributed by atoms with van der Waals surface area (Å²) in [7, 11) is 0. The summed E-state index contributed by atoms with van der Waals surface area (Å²) >= 11 is 0. The molecule has 5 N–H and O–H groups in total. The van der Waals surface area contributed by atoms with Crippen molar-refractivity contribution in [2.75, 3.05) is 19.8 Å². The van der Waals surface area contributed by atoms with Gasteiger partial charge in [-0.25, -0.2) is 9.59 Å². The quantitative estimate of drug-likeness (QED) is 0.0700. The van der Waals surface area contributed by atoms with E-state index in [1.165, 1.54) is 0 Å². The molecule has 1 amide bonds. The Morgan fingerprint density at radius 2 is 1.11 bits per heavy atom. The largest absolute Gasteiger partial charge is 0.449 e. The van der Waals surface area contributed by atoms with Gasteiger partial charge >= 0.3 is 12.1 Å². The Kier molecular flexibility index (Phi) is 13.1. The van der Waals surface area contributed by atoms with Crippen molar-refractivity contribution in [3.05, 3.63) is 203 Å². The highest BCUT2D eigenvalue weighted by molar-refractivity contribution is 5.82. The number of carbonyl (C=O) groups excluding carboxylic acids is 2. The summed E-state index contributed by atoms with van der Waals surface area (Å²) in [5.41, 5.74) is 2.10. The van der Waals surface area contributed by atoms with Gasteiger partial charge in [0.15, 0.2) is 11.6 Å². The lowest BCUT2D eigenvalue weighted by Gasteiger charge is -2.62. The van der Waals surface area contributed by atoms with E-state index in [9.17, 15) is 30.0 Å². The van der Waals surface area contributed by atoms with E-state index in [1.807, 2.05) is 121 Å². The van der Waals surface area contributed by atoms with Crippen LogP contribution in [0.3, 0.4) is 0 Å². The summed E-state index contributed by atoms with van der Waals surface area (Å²) in [5, 5.41) is 50.2. The van der Waals surface area contributed by atoms with Gasteiger partial charge < -0.3 is 44.7 Å². The number of alkyl carbamates (subject to hydrolysis) is 1. The van der Waals surface area contributed by atoms with Crippen LogP contribution < -0.4 is 5.32 Å². The first-order valence-electron chi connectivity index (χ1n) is 21.1. The fraction of sp³-hybridized carbons (Fsp3) is 0.269. The number of aliphatic hydroxyl groups is 4. The zero-order chi connectivity index (χ0) is 43.9. The van der Waals surface area contributed by atoms with E-state index in [0.717, 1.165) is 22.3 Å². The number of hydrogen-bond acceptors (Lipinski definition) is 10. The third-order valence-electron chi connectivity index (χ3n) is 12.3. The molecule has 1 aliphatic carbocycles. The van der Waals surface area contributed by atoms with Gasteiger partial charge in [0.25, 0.3) is 5.79 Å². The third-order valence-corrected chi connectivity index (χ3v) is 12.3. The molecule has 6 aromatic rings. The van der Waals surface area contributed by atoms with E-state index in [-0.39, 0.29) is 38.4 Å². The Balaban J connectivity index is 1.20. The normalized spacial score (nSPS) is 23.2. The number of esters is 1. The highest BCUT2D eigenvalue weighted by atomic mass is 16.8. The fourth-order valence-corrected chi connectivity index (χ4v) is 9.20. The summed E-state index contributed by atoms with van der Waals surface area (Å²) in [6.07, 6.45) is -4.95. The second kappa shape index (κ2) is 19.1. The lowest BCUT2D eigenvalue weighted by atomic mass is 9.62. The van der Waals surface area contributed by atoms with Crippen molar-refractivity contribution in [2.45, 2.75) is 67.0 Å². The fourth-order valence-electron chi connectivity index (χ4n) is 9.20. The Morgan fingerprint density at radius 1 is 0.635 bits per heavy atom. The van der Waals surface area contributed by atoms with Crippen molar-refractivity contribution in [1.29, 1.82) is 0 Å². The van der Waals surface area contributed by atoms with E-state index in [2.05, 4.69) is 5.32 Å². The smallest absolute Gasteiger partial charge is 0.407 e. The van der Waals surface area contributed by atoms with Gasteiger partial charge in [-0.2, -0.15) is 0 Å². The first kappa shape index (κ1) is 43.5. The Hall–Kier alpha value is -6.18. The van der Waals surface area contributed by atoms with Gasteiger partial charge in [0.1, 0.15) is 24.4 Å². The highest BCUT2D eigenvalue weighted by Crippen LogP contribution is 2.53. The molecule has 11 nitrogen and oxygen atoms in total. The van der Waals surface area contributed by atoms with Crippen LogP contribution in [0.1, 0.15) is 39.3 Å². The standard InChI is InChI=1S/C52H51NO10/c54-32-45(53-49(58)60-35-44-42-27-15-13-25-40(42)41-26-14-16-28-43(41)44)48(57)63-52(31-38-21-9-3-10-22-38)51(30-37-19-7-2-8-20-37,61-34-39-23-11-4-12-24-39)50(59,47(56)46(33-55)62-52)29-36-17-5-1-6-18-36/h1-28,44-47,54-56,59H,29-35H2,(H,53,58)/t45-,46+,47-,50-,51+,52+/m0/s1. The Bertz CT molecular complexity index is 2410. The molecule has 0 bridgehead atoms. The molecular formula is C52H51NO10. The zero-order valence-corrected chi connectivity index (χ0v) is 34.7. The average Bonchev–Trinajstić information content (AvgIpc) is 3.64. The van der Waals surface area contributed by atoms with Gasteiger partial charge in [0, 0.05) is 25.2 Å². The first-order chi connectivity index (χ1) is 30.7. The molecule has 324 valence electrons. The van der Waals surface area contributed by atoms with Crippen molar-refractivity contribution >= 4 is 12.1 Å². The molecule has 0 aromatic heterocycles. The van der Waals surface area contributed by atoms with Gasteiger partial charge in [-0.15, -0.1) is 0 Å². The van der Waals surface area contributed by atoms with Crippen molar-refractivity contribution in [3.63, 3.8) is 0 Å². The van der Waals surface area contributed by atoms with Gasteiger partial charge in [-0.3, -0.25) is 0 Å². The van der Waals surface area contributed by atoms with Crippen LogP contribution >= 0.6 is 0 Å². The lowest BCUT2D eigenvalue weighted by Crippen LogP contribution is -2.83. The summed E-state index contributed by atoms with van der Waals surface area (Å²) in [4.78, 5) is 28.4. The molecular weight excluding hydrogens is 799 g/mol. The number of carbonyl (C=O) groups is 2. The molecule has 1 aliphatic heterocycles. The number of fused-ring (bicyclic) bond motifs is 3. The third kappa shape index (κ3) is 8.76. The molecule has 1 fully saturated rings. The summed E-state index contributed by atoms with van der Waals surface area (Å²) in [6.45, 7) is -1.88. The lowest BCUT2D eigenvalue weighted by molar-refractivity contribution is -0.426. The second-order valence-electron chi connectivity index (χ2n) is 16.2. The van der Waals surface area contributed by atoms with Crippen LogP contribution in [0.4, 0.5) is 4.79 Å². The van der Waals surface area contributed by atoms with E-state index in [4.69, 9.17) is 18.9 Å². The maximum atomic E-state index is 14.8. The Morgan fingerprint density at radius 3 is 1.63 bits per heavy atom. The maximum absolute atomic E-state index is 14.8. The molecule has 6 atom stereocenters. The molecule has 0 unspecified atom stereocenters. The van der Waals surface area contributed by atoms with Crippen molar-refractivity contribution < 1.29 is 49.0 Å². The molecule has 8 rings (SSSR count). The summed E-state index contributed by atoms with van der Waals surface area (Å²) in [6, 6.07) is 50.4. The SMILES string of the molecule is O=C(N[C@@H](CO)C(=O)O[C@@]1(Cc2ccccc2)O[C@H](CO)[C@H](O)[C@@](O)(Cc2ccccc2)[C@@]1(Cc1ccccc1)OCc1ccccc1)OCC1c2ccccc2-c2ccccc21. The molecule has 0 radical (unpaired) electrons. The van der Waals surface area contributed by atoms with E-state index >= 15 is 0 Å². The maximum Gasteiger partial charge on any atom is 0.407 e. The zero-order valence-electron chi connectivity index (χ0n) is 34.7. The van der Waals surface area contributed by atoms with Crippen LogP contribution in [0.2, 0.25) is 0 Å². The molecule has 11 heteroatoms. The topological polar surface area (TPSA) is 164 Å². The van der Waals surface area contributed by atoms with Crippen LogP contribution in [0, 0.1) is 0 Å². The average molecular weight is 850 g/mol. The number of ether oxygens (including phenoxy) is 4. The molecule has 0 saturated carbocycles. The van der Waals surface area contributed by atoms with Crippen molar-refractivity contribution in [3.8, 4) is 11.1 Å². The van der Waals surface area contributed by atoms with E-state index in [0.29, 0.717) is 22.3 Å². The molecule has 6 aromatic carbocycles. The number of rotatable bonds is 16. The number of aliphatic hydroxyl groups excluding tert-OH is 3. The van der Waals surface area contributed by atoms with Gasteiger partial charge in [0.05, 0.1) is 19.8 Å². The van der Waals surface area contributed by atoms with Gasteiger partial charge in [-0.05, 0) is 44.5 Å². The van der Waals surface area contributed by atoms with E-state index in [1.54, 1.807) is 48.5 Å². The van der Waals surface area contributed by atoms with E-state index < -0.39 is 60.5 Å². The predicted molar refractivity (Wildman–Crippen MR) is 235 cm³/mol. The number of nitrogens with one attached hydrogen (secondary N) is 1. The second-order valence-corrected chi connectivity index (χ2v) is 16.2. The van der Waals surface area contributed by atoms with Gasteiger partial charge in [0.2, 0.25) is 0 Å². The predicted octanol–water partition coefficient (Wildman–Crippen LogP) is 6.29. The van der Waals surface area contributed by atoms with Crippen LogP contribution in [0.5, 0.6) is 0 Å². The van der Waals surface area contributed by atoms with Crippen LogP contribution in [-0.2, 0) is 49.6 Å². The van der Waals surface area contributed by atoms with Crippen LogP contribution in [-0.4, -0.2) is 87.5 Å². The molecule has 63 heavy (non-hydrogen) atoms. The molecule has 2 aliphatic rings. The number of benzene rings is 6. The van der Waals surface area contributed by atoms with Crippen LogP contribution in [0.25, 0.3) is 11.1 Å². The highest BCUT2D eigenvalue weighted by Gasteiger charge is 2.74. The van der Waals surface area contributed by atoms with Crippen LogP contribution in [0.15, 0.2) is 170 Å². The number of amides is 1. The molecule has 1 heterocycles. The minimum absolute atomic E-state index is 0.0514. The monoisotopic (exact) mass is 849 g/mol. The molecule has 0 spiro atoms. The molecule has 1 saturated heterocycles. The van der Waals surface area contributed by atoms with Crippen molar-refractivity contribution in [1.82, 2.24) is 5.32 Å². The minimum atomic E-state index is -2.36. The Labute approximate surface area is 366 Å². The minimum Gasteiger partial charge on any atom is -0.449 e. The van der Waals surface area contributed by atoms with Gasteiger partial charge in [-0.1, -0.05) is 170 Å². The van der Waals surface area contributed by atoms with Crippen molar-refractivity contribution in [2.24, 2.45) is 0 Å². The summed E-state index contributed by atoms with van der Waals surface area (Å²) < 4.78 is 26.2. The summed E-state index contributed by atoms with van der Waals surface area (Å²) in [5.74, 6) is -3.77. The number of hydrogen-bond donors (Lipinski definition) is 5. The first-order valence-corrected chi connectivity index (χ1v) is 21.1.